The summed E-state index contributed by atoms with van der Waals surface area (Å²) in [6.45, 7) is 0.684. The van der Waals surface area contributed by atoms with Crippen LogP contribution in [0, 0.1) is 11.8 Å². The number of nitrogens with one attached hydrogen (secondary N) is 1. The first-order valence-corrected chi connectivity index (χ1v) is 9.63. The van der Waals surface area contributed by atoms with E-state index in [2.05, 4.69) is 5.32 Å². The van der Waals surface area contributed by atoms with E-state index < -0.39 is 9.84 Å². The lowest BCUT2D eigenvalue weighted by Crippen LogP contribution is -2.49. The van der Waals surface area contributed by atoms with Crippen LogP contribution in [0.3, 0.4) is 0 Å². The SMILES string of the molecule is O=C(N[C@H]1C[C@H]1C1CCCCC1)N1CCS(=O)(=O)CC1. The predicted molar refractivity (Wildman–Crippen MR) is 77.2 cm³/mol. The topological polar surface area (TPSA) is 66.5 Å². The van der Waals surface area contributed by atoms with Gasteiger partial charge >= 0.3 is 6.03 Å². The van der Waals surface area contributed by atoms with Gasteiger partial charge in [-0.15, -0.1) is 0 Å². The lowest BCUT2D eigenvalue weighted by molar-refractivity contribution is 0.200. The summed E-state index contributed by atoms with van der Waals surface area (Å²) in [6.07, 6.45) is 7.79. The summed E-state index contributed by atoms with van der Waals surface area (Å²) in [5.74, 6) is 1.69. The van der Waals surface area contributed by atoms with E-state index >= 15 is 0 Å². The number of nitrogens with zero attached hydrogens (tertiary/aromatic N) is 1. The molecule has 0 unspecified atom stereocenters. The third-order valence-electron chi connectivity index (χ3n) is 5.04. The summed E-state index contributed by atoms with van der Waals surface area (Å²) in [4.78, 5) is 13.8. The Morgan fingerprint density at radius 3 is 2.35 bits per heavy atom. The second kappa shape index (κ2) is 5.54. The highest BCUT2D eigenvalue weighted by molar-refractivity contribution is 7.91. The molecule has 0 aromatic rings. The highest BCUT2D eigenvalue weighted by Gasteiger charge is 2.44. The molecule has 1 saturated heterocycles. The molecule has 114 valence electrons. The summed E-state index contributed by atoms with van der Waals surface area (Å²) in [7, 11) is -2.91. The maximum absolute atomic E-state index is 12.1. The molecule has 1 aliphatic heterocycles. The second-order valence-corrected chi connectivity index (χ2v) is 8.80. The molecule has 2 atom stereocenters. The Morgan fingerprint density at radius 1 is 1.05 bits per heavy atom. The summed E-state index contributed by atoms with van der Waals surface area (Å²) >= 11 is 0. The van der Waals surface area contributed by atoms with Crippen LogP contribution in [0.2, 0.25) is 0 Å². The monoisotopic (exact) mass is 300 g/mol. The fraction of sp³-hybridized carbons (Fsp3) is 0.929. The zero-order valence-electron chi connectivity index (χ0n) is 11.9. The van der Waals surface area contributed by atoms with E-state index in [4.69, 9.17) is 0 Å². The van der Waals surface area contributed by atoms with Crippen molar-refractivity contribution in [1.29, 1.82) is 0 Å². The van der Waals surface area contributed by atoms with Crippen molar-refractivity contribution in [3.8, 4) is 0 Å². The Bertz CT molecular complexity index is 457. The van der Waals surface area contributed by atoms with E-state index in [0.717, 1.165) is 12.3 Å². The third kappa shape index (κ3) is 3.27. The molecule has 2 aliphatic carbocycles. The van der Waals surface area contributed by atoms with Gasteiger partial charge in [-0.05, 0) is 18.3 Å². The number of sulfone groups is 1. The molecule has 0 bridgehead atoms. The summed E-state index contributed by atoms with van der Waals surface area (Å²) in [6, 6.07) is 0.271. The van der Waals surface area contributed by atoms with Crippen LogP contribution in [0.5, 0.6) is 0 Å². The lowest BCUT2D eigenvalue weighted by atomic mass is 9.85. The number of carbonyl (C=O) groups excluding carboxylic acids is 1. The minimum Gasteiger partial charge on any atom is -0.335 e. The van der Waals surface area contributed by atoms with Gasteiger partial charge in [0.2, 0.25) is 0 Å². The van der Waals surface area contributed by atoms with E-state index in [-0.39, 0.29) is 17.5 Å². The Kier molecular flexibility index (Phi) is 3.93. The van der Waals surface area contributed by atoms with Gasteiger partial charge in [0.05, 0.1) is 11.5 Å². The number of hydrogen-bond acceptors (Lipinski definition) is 3. The quantitative estimate of drug-likeness (QED) is 0.838. The van der Waals surface area contributed by atoms with Crippen LogP contribution in [0.25, 0.3) is 0 Å². The summed E-state index contributed by atoms with van der Waals surface area (Å²) in [5.41, 5.74) is 0. The highest BCUT2D eigenvalue weighted by Crippen LogP contribution is 2.44. The van der Waals surface area contributed by atoms with Crippen molar-refractivity contribution in [2.75, 3.05) is 24.6 Å². The van der Waals surface area contributed by atoms with E-state index in [1.165, 1.54) is 32.1 Å². The molecule has 3 fully saturated rings. The van der Waals surface area contributed by atoms with E-state index in [0.29, 0.717) is 25.0 Å². The second-order valence-electron chi connectivity index (χ2n) is 6.49. The van der Waals surface area contributed by atoms with Gasteiger partial charge < -0.3 is 10.2 Å². The highest BCUT2D eigenvalue weighted by atomic mass is 32.2. The smallest absolute Gasteiger partial charge is 0.317 e. The van der Waals surface area contributed by atoms with Crippen molar-refractivity contribution < 1.29 is 13.2 Å². The summed E-state index contributed by atoms with van der Waals surface area (Å²) in [5, 5.41) is 3.09. The van der Waals surface area contributed by atoms with Gasteiger partial charge in [0, 0.05) is 19.1 Å². The van der Waals surface area contributed by atoms with E-state index in [1.807, 2.05) is 0 Å². The number of urea groups is 1. The molecule has 2 amide bonds. The molecule has 6 heteroatoms. The Balaban J connectivity index is 1.44. The standard InChI is InChI=1S/C14H24N2O3S/c17-14(16-6-8-20(18,19)9-7-16)15-13-10-12(13)11-4-2-1-3-5-11/h11-13H,1-10H2,(H,15,17)/t12-,13-/m0/s1. The van der Waals surface area contributed by atoms with Crippen molar-refractivity contribution in [2.45, 2.75) is 44.6 Å². The molecule has 0 radical (unpaired) electrons. The van der Waals surface area contributed by atoms with Crippen molar-refractivity contribution in [3.05, 3.63) is 0 Å². The third-order valence-corrected chi connectivity index (χ3v) is 6.64. The molecule has 5 nitrogen and oxygen atoms in total. The van der Waals surface area contributed by atoms with Gasteiger partial charge in [-0.1, -0.05) is 32.1 Å². The number of hydrogen-bond donors (Lipinski definition) is 1. The first kappa shape index (κ1) is 14.2. The van der Waals surface area contributed by atoms with Gasteiger partial charge in [0.25, 0.3) is 0 Å². The van der Waals surface area contributed by atoms with Crippen LogP contribution >= 0.6 is 0 Å². The average Bonchev–Trinajstić information content (AvgIpc) is 3.19. The first-order valence-electron chi connectivity index (χ1n) is 7.81. The van der Waals surface area contributed by atoms with Crippen molar-refractivity contribution in [1.82, 2.24) is 10.2 Å². The van der Waals surface area contributed by atoms with Gasteiger partial charge in [0.1, 0.15) is 0 Å². The predicted octanol–water partition coefficient (Wildman–Crippen LogP) is 1.40. The molecule has 20 heavy (non-hydrogen) atoms. The average molecular weight is 300 g/mol. The molecule has 3 rings (SSSR count). The van der Waals surface area contributed by atoms with Crippen LogP contribution < -0.4 is 5.32 Å². The first-order chi connectivity index (χ1) is 9.55. The molecule has 0 aromatic carbocycles. The molecular weight excluding hydrogens is 276 g/mol. The van der Waals surface area contributed by atoms with E-state index in [1.54, 1.807) is 4.90 Å². The molecule has 1 N–H and O–H groups in total. The van der Waals surface area contributed by atoms with Crippen LogP contribution in [0.4, 0.5) is 4.79 Å². The van der Waals surface area contributed by atoms with Gasteiger partial charge in [-0.2, -0.15) is 0 Å². The molecule has 3 aliphatic rings. The number of rotatable bonds is 2. The van der Waals surface area contributed by atoms with Crippen LogP contribution in [0.15, 0.2) is 0 Å². The zero-order valence-corrected chi connectivity index (χ0v) is 12.7. The van der Waals surface area contributed by atoms with Gasteiger partial charge in [-0.3, -0.25) is 0 Å². The van der Waals surface area contributed by atoms with Crippen LogP contribution in [-0.4, -0.2) is 50.0 Å². The Morgan fingerprint density at radius 2 is 1.70 bits per heavy atom. The van der Waals surface area contributed by atoms with Gasteiger partial charge in [-0.25, -0.2) is 13.2 Å². The maximum atomic E-state index is 12.1. The number of amides is 2. The Hall–Kier alpha value is -0.780. The molecular formula is C14H24N2O3S. The summed E-state index contributed by atoms with van der Waals surface area (Å²) < 4.78 is 22.7. The minimum absolute atomic E-state index is 0.0665. The largest absolute Gasteiger partial charge is 0.335 e. The van der Waals surface area contributed by atoms with Gasteiger partial charge in [0.15, 0.2) is 9.84 Å². The van der Waals surface area contributed by atoms with Crippen molar-refractivity contribution in [2.24, 2.45) is 11.8 Å². The van der Waals surface area contributed by atoms with Crippen LogP contribution in [0.1, 0.15) is 38.5 Å². The lowest BCUT2D eigenvalue weighted by Gasteiger charge is -2.27. The Labute approximate surface area is 121 Å². The zero-order chi connectivity index (χ0) is 14.2. The molecule has 0 aromatic heterocycles. The fourth-order valence-corrected chi connectivity index (χ4v) is 4.83. The maximum Gasteiger partial charge on any atom is 0.317 e. The van der Waals surface area contributed by atoms with Crippen molar-refractivity contribution >= 4 is 15.9 Å². The fourth-order valence-electron chi connectivity index (χ4n) is 3.63. The number of carbonyl (C=O) groups is 1. The molecule has 2 saturated carbocycles. The molecule has 0 spiro atoms. The minimum atomic E-state index is -2.91. The van der Waals surface area contributed by atoms with Crippen LogP contribution in [-0.2, 0) is 9.84 Å². The van der Waals surface area contributed by atoms with E-state index in [9.17, 15) is 13.2 Å². The normalized spacial score (nSPS) is 33.7. The van der Waals surface area contributed by atoms with Crippen molar-refractivity contribution in [3.63, 3.8) is 0 Å². The molecule has 1 heterocycles.